The Kier molecular flexibility index (Phi) is 7.98. The Morgan fingerprint density at radius 1 is 1.06 bits per heavy atom. The molecule has 0 unspecified atom stereocenters. The van der Waals surface area contributed by atoms with Crippen molar-refractivity contribution in [1.29, 1.82) is 0 Å². The van der Waals surface area contributed by atoms with Gasteiger partial charge in [0.15, 0.2) is 0 Å². The molecule has 0 aliphatic carbocycles. The number of furan rings is 1. The molecule has 7 nitrogen and oxygen atoms in total. The van der Waals surface area contributed by atoms with Gasteiger partial charge in [0.2, 0.25) is 0 Å². The average molecular weight is 466 g/mol. The van der Waals surface area contributed by atoms with E-state index in [4.69, 9.17) is 19.6 Å². The Hall–Kier alpha value is -3.16. The molecule has 1 aliphatic rings. The summed E-state index contributed by atoms with van der Waals surface area (Å²) in [6, 6.07) is 15.3. The molecule has 1 aliphatic heterocycles. The lowest BCUT2D eigenvalue weighted by Gasteiger charge is -2.26. The van der Waals surface area contributed by atoms with Crippen molar-refractivity contribution in [3.8, 4) is 11.5 Å². The molecule has 0 amide bonds. The van der Waals surface area contributed by atoms with Crippen molar-refractivity contribution in [1.82, 2.24) is 4.90 Å². The minimum absolute atomic E-state index is 0.216. The Morgan fingerprint density at radius 2 is 1.85 bits per heavy atom. The number of hydrogen-bond donors (Lipinski definition) is 3. The van der Waals surface area contributed by atoms with Gasteiger partial charge in [-0.1, -0.05) is 19.9 Å². The molecule has 1 saturated heterocycles. The Bertz CT molecular complexity index is 1070. The van der Waals surface area contributed by atoms with Gasteiger partial charge in [0.25, 0.3) is 0 Å². The minimum Gasteiger partial charge on any atom is -0.508 e. The molecule has 2 aromatic carbocycles. The van der Waals surface area contributed by atoms with Crippen LogP contribution in [-0.4, -0.2) is 42.9 Å². The van der Waals surface area contributed by atoms with Gasteiger partial charge in [0, 0.05) is 31.6 Å². The number of nitrogen functional groups attached to an aromatic ring is 1. The predicted octanol–water partition coefficient (Wildman–Crippen LogP) is 4.64. The zero-order valence-electron chi connectivity index (χ0n) is 20.0. The van der Waals surface area contributed by atoms with E-state index in [9.17, 15) is 5.11 Å². The zero-order chi connectivity index (χ0) is 23.9. The molecule has 4 rings (SSSR count). The van der Waals surface area contributed by atoms with Crippen molar-refractivity contribution in [2.24, 2.45) is 5.92 Å². The quantitative estimate of drug-likeness (QED) is 0.376. The number of benzene rings is 2. The predicted molar refractivity (Wildman–Crippen MR) is 134 cm³/mol. The van der Waals surface area contributed by atoms with Gasteiger partial charge in [0.05, 0.1) is 37.7 Å². The molecule has 0 radical (unpaired) electrons. The molecule has 182 valence electrons. The van der Waals surface area contributed by atoms with Crippen molar-refractivity contribution in [2.45, 2.75) is 33.4 Å². The second kappa shape index (κ2) is 11.3. The summed E-state index contributed by atoms with van der Waals surface area (Å²) in [4.78, 5) is 2.39. The summed E-state index contributed by atoms with van der Waals surface area (Å²) >= 11 is 0. The van der Waals surface area contributed by atoms with E-state index in [1.54, 1.807) is 12.1 Å². The number of nitrogens with two attached hydrogens (primary N) is 1. The first kappa shape index (κ1) is 24.0. The highest BCUT2D eigenvalue weighted by Gasteiger charge is 2.13. The lowest BCUT2D eigenvalue weighted by Crippen LogP contribution is -2.35. The van der Waals surface area contributed by atoms with E-state index in [0.717, 1.165) is 61.4 Å². The molecule has 0 atom stereocenters. The van der Waals surface area contributed by atoms with Gasteiger partial charge >= 0.3 is 0 Å². The SMILES string of the molecule is CC(C)COc1ccc(O)cc1Cc1ccc(CNc2cc(CN3CCOCC3)ccc2N)o1. The molecule has 0 spiro atoms. The van der Waals surface area contributed by atoms with Crippen LogP contribution in [0.5, 0.6) is 11.5 Å². The zero-order valence-corrected chi connectivity index (χ0v) is 20.0. The van der Waals surface area contributed by atoms with E-state index in [2.05, 4.69) is 36.2 Å². The molecule has 0 saturated carbocycles. The van der Waals surface area contributed by atoms with Gasteiger partial charge in [-0.2, -0.15) is 0 Å². The summed E-state index contributed by atoms with van der Waals surface area (Å²) in [6.07, 6.45) is 0.541. The van der Waals surface area contributed by atoms with Crippen LogP contribution in [-0.2, 0) is 24.2 Å². The molecule has 2 heterocycles. The number of hydrogen-bond acceptors (Lipinski definition) is 7. The number of nitrogens with one attached hydrogen (secondary N) is 1. The number of morpholine rings is 1. The van der Waals surface area contributed by atoms with Crippen LogP contribution in [0.25, 0.3) is 0 Å². The van der Waals surface area contributed by atoms with E-state index < -0.39 is 0 Å². The lowest BCUT2D eigenvalue weighted by atomic mass is 10.1. The monoisotopic (exact) mass is 465 g/mol. The van der Waals surface area contributed by atoms with E-state index in [1.807, 2.05) is 24.3 Å². The highest BCUT2D eigenvalue weighted by atomic mass is 16.5. The first-order chi connectivity index (χ1) is 16.5. The third kappa shape index (κ3) is 6.68. The molecule has 34 heavy (non-hydrogen) atoms. The number of nitrogens with zero attached hydrogens (tertiary/aromatic N) is 1. The van der Waals surface area contributed by atoms with Crippen LogP contribution in [0.1, 0.15) is 36.5 Å². The molecule has 4 N–H and O–H groups in total. The van der Waals surface area contributed by atoms with E-state index in [0.29, 0.717) is 31.2 Å². The summed E-state index contributed by atoms with van der Waals surface area (Å²) in [7, 11) is 0. The standard InChI is InChI=1S/C27H35N3O4/c1-19(2)18-33-27-8-4-22(31)14-21(27)15-23-5-6-24(34-23)16-29-26-13-20(3-7-25(26)28)17-30-9-11-32-12-10-30/h3-8,13-14,19,29,31H,9-12,15-18,28H2,1-2H3. The van der Waals surface area contributed by atoms with Gasteiger partial charge in [-0.15, -0.1) is 0 Å². The van der Waals surface area contributed by atoms with Crippen LogP contribution in [0.4, 0.5) is 11.4 Å². The van der Waals surface area contributed by atoms with E-state index in [-0.39, 0.29) is 5.75 Å². The molecule has 1 fully saturated rings. The van der Waals surface area contributed by atoms with Gasteiger partial charge in [-0.25, -0.2) is 0 Å². The van der Waals surface area contributed by atoms with Crippen molar-refractivity contribution < 1.29 is 19.0 Å². The maximum atomic E-state index is 9.94. The van der Waals surface area contributed by atoms with Crippen LogP contribution in [0.15, 0.2) is 52.9 Å². The van der Waals surface area contributed by atoms with Crippen LogP contribution >= 0.6 is 0 Å². The fourth-order valence-electron chi connectivity index (χ4n) is 3.96. The average Bonchev–Trinajstić information content (AvgIpc) is 3.27. The van der Waals surface area contributed by atoms with Crippen LogP contribution in [0, 0.1) is 5.92 Å². The Balaban J connectivity index is 1.37. The number of rotatable bonds is 10. The van der Waals surface area contributed by atoms with E-state index >= 15 is 0 Å². The van der Waals surface area contributed by atoms with Gasteiger partial charge in [-0.05, 0) is 53.9 Å². The first-order valence-corrected chi connectivity index (χ1v) is 11.9. The lowest BCUT2D eigenvalue weighted by molar-refractivity contribution is 0.0342. The fourth-order valence-corrected chi connectivity index (χ4v) is 3.96. The van der Waals surface area contributed by atoms with E-state index in [1.165, 1.54) is 5.56 Å². The summed E-state index contributed by atoms with van der Waals surface area (Å²) in [5.41, 5.74) is 9.94. The molecular formula is C27H35N3O4. The normalized spacial score (nSPS) is 14.4. The number of aromatic hydroxyl groups is 1. The van der Waals surface area contributed by atoms with Crippen molar-refractivity contribution in [3.05, 3.63) is 71.2 Å². The maximum absolute atomic E-state index is 9.94. The molecule has 1 aromatic heterocycles. The molecule has 7 heteroatoms. The molecule has 3 aromatic rings. The van der Waals surface area contributed by atoms with Gasteiger partial charge in [-0.3, -0.25) is 4.90 Å². The number of phenols is 1. The van der Waals surface area contributed by atoms with Crippen molar-refractivity contribution in [3.63, 3.8) is 0 Å². The summed E-state index contributed by atoms with van der Waals surface area (Å²) in [5.74, 6) is 3.03. The third-order valence-corrected chi connectivity index (χ3v) is 5.78. The Labute approximate surface area is 201 Å². The maximum Gasteiger partial charge on any atom is 0.123 e. The number of phenolic OH excluding ortho intramolecular Hbond substituents is 1. The topological polar surface area (TPSA) is 93.1 Å². The molecule has 0 bridgehead atoms. The summed E-state index contributed by atoms with van der Waals surface area (Å²) in [5, 5.41) is 13.4. The van der Waals surface area contributed by atoms with Crippen molar-refractivity contribution >= 4 is 11.4 Å². The number of ether oxygens (including phenoxy) is 2. The van der Waals surface area contributed by atoms with Gasteiger partial charge in [0.1, 0.15) is 23.0 Å². The second-order valence-electron chi connectivity index (χ2n) is 9.21. The highest BCUT2D eigenvalue weighted by Crippen LogP contribution is 2.28. The molecular weight excluding hydrogens is 430 g/mol. The minimum atomic E-state index is 0.216. The van der Waals surface area contributed by atoms with Crippen LogP contribution < -0.4 is 15.8 Å². The van der Waals surface area contributed by atoms with Crippen LogP contribution in [0.3, 0.4) is 0 Å². The fraction of sp³-hybridized carbons (Fsp3) is 0.407. The Morgan fingerprint density at radius 3 is 2.65 bits per heavy atom. The van der Waals surface area contributed by atoms with Gasteiger partial charge < -0.3 is 30.0 Å². The van der Waals surface area contributed by atoms with Crippen LogP contribution in [0.2, 0.25) is 0 Å². The second-order valence-corrected chi connectivity index (χ2v) is 9.21. The smallest absolute Gasteiger partial charge is 0.123 e. The largest absolute Gasteiger partial charge is 0.508 e. The van der Waals surface area contributed by atoms with Crippen molar-refractivity contribution in [2.75, 3.05) is 44.0 Å². The third-order valence-electron chi connectivity index (χ3n) is 5.78. The summed E-state index contributed by atoms with van der Waals surface area (Å²) in [6.45, 7) is 9.72. The first-order valence-electron chi connectivity index (χ1n) is 11.9. The highest BCUT2D eigenvalue weighted by molar-refractivity contribution is 5.67. The number of anilines is 2. The summed E-state index contributed by atoms with van der Waals surface area (Å²) < 4.78 is 17.4.